The number of aromatic nitrogens is 5. The maximum Gasteiger partial charge on any atom is 0.324 e. The summed E-state index contributed by atoms with van der Waals surface area (Å²) in [5.41, 5.74) is 17.8. The van der Waals surface area contributed by atoms with Gasteiger partial charge in [-0.2, -0.15) is 9.97 Å². The summed E-state index contributed by atoms with van der Waals surface area (Å²) in [4.78, 5) is 24.7. The number of nitrogens with zero attached hydrogens (tertiary/aromatic N) is 6. The van der Waals surface area contributed by atoms with Crippen molar-refractivity contribution in [2.75, 3.05) is 23.7 Å². The van der Waals surface area contributed by atoms with Gasteiger partial charge in [-0.05, 0) is 54.5 Å². The van der Waals surface area contributed by atoms with E-state index >= 15 is 0 Å². The molecule has 0 radical (unpaired) electrons. The Balaban J connectivity index is 1.32. The van der Waals surface area contributed by atoms with Gasteiger partial charge in [0.25, 0.3) is 0 Å². The predicted molar refractivity (Wildman–Crippen MR) is 129 cm³/mol. The second-order valence-corrected chi connectivity index (χ2v) is 9.68. The Labute approximate surface area is 200 Å². The van der Waals surface area contributed by atoms with Crippen molar-refractivity contribution < 1.29 is 9.13 Å². The molecular weight excluding hydrogens is 447 g/mol. The Morgan fingerprint density at radius 1 is 1.06 bits per heavy atom. The quantitative estimate of drug-likeness (QED) is 0.409. The topological polar surface area (TPSA) is 129 Å². The van der Waals surface area contributed by atoms with Gasteiger partial charge in [0, 0.05) is 37.2 Å². The molecule has 10 heteroatoms. The SMILES string of the molecule is Cc1nc(N)c2ncc(Oc3nc4c(c(N5CC6C(N)C6C5)n3)-c3cc(F)cc(C)c3C4)cc2n1. The molecular formula is C25H23FN8O. The number of nitrogen functional groups attached to an aromatic ring is 1. The molecule has 2 unspecified atom stereocenters. The molecule has 35 heavy (non-hydrogen) atoms. The van der Waals surface area contributed by atoms with Crippen LogP contribution in [0.15, 0.2) is 24.4 Å². The van der Waals surface area contributed by atoms with E-state index < -0.39 is 0 Å². The van der Waals surface area contributed by atoms with Crippen molar-refractivity contribution in [3.63, 3.8) is 0 Å². The lowest BCUT2D eigenvalue weighted by atomic mass is 10.0. The number of anilines is 2. The first kappa shape index (κ1) is 20.5. The van der Waals surface area contributed by atoms with Crippen molar-refractivity contribution in [1.82, 2.24) is 24.9 Å². The maximum absolute atomic E-state index is 14.4. The van der Waals surface area contributed by atoms with Crippen LogP contribution in [-0.2, 0) is 6.42 Å². The molecule has 176 valence electrons. The normalized spacial score (nSPS) is 21.7. The molecule has 2 aliphatic carbocycles. The molecule has 0 spiro atoms. The zero-order chi connectivity index (χ0) is 24.0. The van der Waals surface area contributed by atoms with Crippen LogP contribution in [0.1, 0.15) is 22.6 Å². The second-order valence-electron chi connectivity index (χ2n) is 9.68. The molecule has 1 saturated heterocycles. The van der Waals surface area contributed by atoms with Crippen molar-refractivity contribution in [3.05, 3.63) is 52.9 Å². The third-order valence-electron chi connectivity index (χ3n) is 7.41. The summed E-state index contributed by atoms with van der Waals surface area (Å²) in [5.74, 6) is 2.77. The molecule has 1 saturated carbocycles. The van der Waals surface area contributed by atoms with Crippen LogP contribution in [0, 0.1) is 31.5 Å². The van der Waals surface area contributed by atoms with E-state index in [2.05, 4.69) is 19.9 Å². The summed E-state index contributed by atoms with van der Waals surface area (Å²) in [5, 5.41) is 0. The maximum atomic E-state index is 14.4. The van der Waals surface area contributed by atoms with E-state index in [1.165, 1.54) is 0 Å². The lowest BCUT2D eigenvalue weighted by Gasteiger charge is -2.23. The van der Waals surface area contributed by atoms with E-state index in [-0.39, 0.29) is 17.9 Å². The highest BCUT2D eigenvalue weighted by atomic mass is 19.1. The predicted octanol–water partition coefficient (Wildman–Crippen LogP) is 2.91. The Morgan fingerprint density at radius 2 is 1.86 bits per heavy atom. The minimum absolute atomic E-state index is 0.217. The number of benzene rings is 1. The van der Waals surface area contributed by atoms with E-state index in [1.54, 1.807) is 31.3 Å². The number of pyridine rings is 1. The van der Waals surface area contributed by atoms with E-state index in [9.17, 15) is 4.39 Å². The van der Waals surface area contributed by atoms with Crippen LogP contribution in [0.4, 0.5) is 16.0 Å². The van der Waals surface area contributed by atoms with Gasteiger partial charge in [0.15, 0.2) is 11.6 Å². The van der Waals surface area contributed by atoms with Crippen molar-refractivity contribution in [3.8, 4) is 22.9 Å². The van der Waals surface area contributed by atoms with E-state index in [0.717, 1.165) is 46.9 Å². The number of aryl methyl sites for hydroxylation is 2. The number of hydrogen-bond acceptors (Lipinski definition) is 9. The molecule has 4 aromatic rings. The van der Waals surface area contributed by atoms with Crippen LogP contribution >= 0.6 is 0 Å². The Kier molecular flexibility index (Phi) is 4.12. The fourth-order valence-electron chi connectivity index (χ4n) is 5.60. The Morgan fingerprint density at radius 3 is 2.66 bits per heavy atom. The molecule has 1 aliphatic heterocycles. The van der Waals surface area contributed by atoms with Gasteiger partial charge in [-0.25, -0.2) is 19.3 Å². The van der Waals surface area contributed by atoms with Gasteiger partial charge in [0.2, 0.25) is 0 Å². The highest BCUT2D eigenvalue weighted by Crippen LogP contribution is 2.49. The van der Waals surface area contributed by atoms with Gasteiger partial charge < -0.3 is 21.1 Å². The molecule has 0 amide bonds. The van der Waals surface area contributed by atoms with Crippen molar-refractivity contribution in [2.24, 2.45) is 17.6 Å². The molecule has 3 aliphatic rings. The zero-order valence-electron chi connectivity index (χ0n) is 19.3. The van der Waals surface area contributed by atoms with Crippen LogP contribution in [0.3, 0.4) is 0 Å². The zero-order valence-corrected chi connectivity index (χ0v) is 19.3. The van der Waals surface area contributed by atoms with Crippen LogP contribution in [0.5, 0.6) is 11.8 Å². The number of piperidine rings is 1. The first-order valence-electron chi connectivity index (χ1n) is 11.6. The smallest absolute Gasteiger partial charge is 0.324 e. The molecule has 0 bridgehead atoms. The lowest BCUT2D eigenvalue weighted by molar-refractivity contribution is 0.439. The molecule has 9 nitrogen and oxygen atoms in total. The highest BCUT2D eigenvalue weighted by Gasteiger charge is 2.54. The van der Waals surface area contributed by atoms with Crippen LogP contribution < -0.4 is 21.1 Å². The van der Waals surface area contributed by atoms with Gasteiger partial charge in [0.1, 0.15) is 23.0 Å². The summed E-state index contributed by atoms with van der Waals surface area (Å²) in [6.07, 6.45) is 2.16. The van der Waals surface area contributed by atoms with Gasteiger partial charge in [-0.3, -0.25) is 0 Å². The molecule has 3 aromatic heterocycles. The standard InChI is InChI=1S/C25H23FN8O/c1-10-3-12(26)4-15-14(10)6-18-20(15)24(34-8-16-17(9-34)21(16)27)33-25(32-18)35-13-5-19-22(29-7-13)23(28)31-11(2)30-19/h3-5,7,16-17,21H,6,8-9,27H2,1-2H3,(H2,28,30,31). The Hall–Kier alpha value is -3.92. The number of fused-ring (bicyclic) bond motifs is 5. The Bertz CT molecular complexity index is 1550. The average molecular weight is 471 g/mol. The second kappa shape index (κ2) is 7.05. The number of hydrogen-bond donors (Lipinski definition) is 2. The minimum Gasteiger partial charge on any atom is -0.423 e. The van der Waals surface area contributed by atoms with Crippen molar-refractivity contribution >= 4 is 22.7 Å². The van der Waals surface area contributed by atoms with Gasteiger partial charge >= 0.3 is 6.01 Å². The first-order chi connectivity index (χ1) is 16.9. The molecule has 4 heterocycles. The van der Waals surface area contributed by atoms with E-state index in [0.29, 0.717) is 46.7 Å². The van der Waals surface area contributed by atoms with Crippen LogP contribution in [0.25, 0.3) is 22.2 Å². The molecule has 4 N–H and O–H groups in total. The minimum atomic E-state index is -0.259. The third kappa shape index (κ3) is 3.13. The van der Waals surface area contributed by atoms with Gasteiger partial charge in [-0.1, -0.05) is 0 Å². The number of rotatable bonds is 3. The van der Waals surface area contributed by atoms with Crippen LogP contribution in [0.2, 0.25) is 0 Å². The summed E-state index contributed by atoms with van der Waals surface area (Å²) in [7, 11) is 0. The van der Waals surface area contributed by atoms with Gasteiger partial charge in [0.05, 0.1) is 17.4 Å². The molecule has 7 rings (SSSR count). The summed E-state index contributed by atoms with van der Waals surface area (Å²) in [6, 6.07) is 5.38. The summed E-state index contributed by atoms with van der Waals surface area (Å²) in [6.45, 7) is 5.35. The van der Waals surface area contributed by atoms with E-state index in [1.807, 2.05) is 6.92 Å². The van der Waals surface area contributed by atoms with Gasteiger partial charge in [-0.15, -0.1) is 0 Å². The fraction of sp³-hybridized carbons (Fsp3) is 0.320. The molecule has 2 atom stereocenters. The summed E-state index contributed by atoms with van der Waals surface area (Å²) < 4.78 is 20.5. The van der Waals surface area contributed by atoms with Crippen molar-refractivity contribution in [2.45, 2.75) is 26.3 Å². The number of ether oxygens (including phenoxy) is 1. The monoisotopic (exact) mass is 470 g/mol. The lowest BCUT2D eigenvalue weighted by Crippen LogP contribution is -2.29. The van der Waals surface area contributed by atoms with E-state index in [4.69, 9.17) is 26.2 Å². The largest absolute Gasteiger partial charge is 0.423 e. The summed E-state index contributed by atoms with van der Waals surface area (Å²) >= 11 is 0. The van der Waals surface area contributed by atoms with Crippen LogP contribution in [-0.4, -0.2) is 44.1 Å². The number of halogens is 1. The molecule has 2 fully saturated rings. The average Bonchev–Trinajstić information content (AvgIpc) is 3.15. The third-order valence-corrected chi connectivity index (χ3v) is 7.41. The number of nitrogens with two attached hydrogens (primary N) is 2. The highest BCUT2D eigenvalue weighted by molar-refractivity contribution is 5.86. The molecule has 1 aromatic carbocycles. The first-order valence-corrected chi connectivity index (χ1v) is 11.6. The van der Waals surface area contributed by atoms with Crippen molar-refractivity contribution in [1.29, 1.82) is 0 Å². The fourth-order valence-corrected chi connectivity index (χ4v) is 5.60.